The molecule has 26 heavy (non-hydrogen) atoms. The van der Waals surface area contributed by atoms with Crippen molar-refractivity contribution in [2.24, 2.45) is 5.73 Å². The highest BCUT2D eigenvalue weighted by molar-refractivity contribution is 5.90. The summed E-state index contributed by atoms with van der Waals surface area (Å²) < 4.78 is 3.10. The first kappa shape index (κ1) is 15.6. The Labute approximate surface area is 149 Å². The van der Waals surface area contributed by atoms with Crippen molar-refractivity contribution in [2.45, 2.75) is 0 Å². The zero-order chi connectivity index (χ0) is 18.3. The molecule has 0 aliphatic heterocycles. The third kappa shape index (κ3) is 2.34. The van der Waals surface area contributed by atoms with Gasteiger partial charge in [0.1, 0.15) is 5.12 Å². The highest BCUT2D eigenvalue weighted by Gasteiger charge is 2.35. The maximum atomic E-state index is 8.05. The van der Waals surface area contributed by atoms with Crippen LogP contribution in [0.15, 0.2) is 60.9 Å². The molecular formula is C19H19N7+2. The number of nitrogens with one attached hydrogen (secondary N) is 3. The lowest BCUT2D eigenvalue weighted by Crippen LogP contribution is -2.46. The van der Waals surface area contributed by atoms with Crippen LogP contribution in [0.25, 0.3) is 21.8 Å². The van der Waals surface area contributed by atoms with E-state index in [-0.39, 0.29) is 5.96 Å². The Bertz CT molecular complexity index is 1080. The average molecular weight is 345 g/mol. The quantitative estimate of drug-likeness (QED) is 0.198. The highest BCUT2D eigenvalue weighted by atomic mass is 15.8. The second-order valence-corrected chi connectivity index (χ2v) is 5.91. The van der Waals surface area contributed by atoms with E-state index in [9.17, 15) is 0 Å². The fourth-order valence-electron chi connectivity index (χ4n) is 3.13. The maximum Gasteiger partial charge on any atom is 0.318 e. The third-order valence-electron chi connectivity index (χ3n) is 4.36. The normalized spacial score (nSPS) is 10.9. The number of hydrazine groups is 2. The number of aromatic amines is 2. The van der Waals surface area contributed by atoms with Gasteiger partial charge in [0.05, 0.1) is 34.2 Å². The predicted octanol–water partition coefficient (Wildman–Crippen LogP) is 3.06. The van der Waals surface area contributed by atoms with Crippen LogP contribution in [0.2, 0.25) is 0 Å². The predicted molar refractivity (Wildman–Crippen MR) is 104 cm³/mol. The topological polar surface area (TPSA) is 90.7 Å². The van der Waals surface area contributed by atoms with Gasteiger partial charge in [-0.1, -0.05) is 24.3 Å². The summed E-state index contributed by atoms with van der Waals surface area (Å²) >= 11 is 0. The van der Waals surface area contributed by atoms with Crippen molar-refractivity contribution in [3.05, 3.63) is 60.9 Å². The van der Waals surface area contributed by atoms with Gasteiger partial charge in [0, 0.05) is 0 Å². The van der Waals surface area contributed by atoms with Crippen molar-refractivity contribution in [3.8, 4) is 0 Å². The summed E-state index contributed by atoms with van der Waals surface area (Å²) in [6.45, 7) is 8.18. The molecule has 0 spiro atoms. The highest BCUT2D eigenvalue weighted by Crippen LogP contribution is 2.29. The van der Waals surface area contributed by atoms with Crippen LogP contribution in [-0.2, 0) is 0 Å². The van der Waals surface area contributed by atoms with Crippen molar-refractivity contribution in [2.75, 3.05) is 0 Å². The van der Waals surface area contributed by atoms with Gasteiger partial charge in [0.25, 0.3) is 11.4 Å². The van der Waals surface area contributed by atoms with E-state index in [1.165, 1.54) is 5.12 Å². The molecular weight excluding hydrogens is 326 g/mol. The van der Waals surface area contributed by atoms with Crippen LogP contribution in [0.5, 0.6) is 0 Å². The van der Waals surface area contributed by atoms with Crippen molar-refractivity contribution in [1.82, 2.24) is 15.1 Å². The molecule has 0 radical (unpaired) electrons. The largest absolute Gasteiger partial charge is 0.360 e. The fourth-order valence-corrected chi connectivity index (χ4v) is 3.13. The minimum absolute atomic E-state index is 0.203. The van der Waals surface area contributed by atoms with Crippen LogP contribution in [0, 0.1) is 5.41 Å². The van der Waals surface area contributed by atoms with Crippen molar-refractivity contribution < 1.29 is 9.37 Å². The van der Waals surface area contributed by atoms with Crippen LogP contribution in [0.3, 0.4) is 0 Å². The van der Waals surface area contributed by atoms with E-state index in [0.29, 0.717) is 0 Å². The summed E-state index contributed by atoms with van der Waals surface area (Å²) in [5.41, 5.74) is 9.38. The van der Waals surface area contributed by atoms with E-state index in [4.69, 9.17) is 11.1 Å². The van der Waals surface area contributed by atoms with E-state index < -0.39 is 0 Å². The molecule has 7 nitrogen and oxygen atoms in total. The van der Waals surface area contributed by atoms with Crippen LogP contribution >= 0.6 is 0 Å². The molecule has 0 atom stereocenters. The zero-order valence-electron chi connectivity index (χ0n) is 14.1. The molecule has 4 rings (SSSR count). The Kier molecular flexibility index (Phi) is 3.54. The van der Waals surface area contributed by atoms with Crippen molar-refractivity contribution in [1.29, 1.82) is 5.41 Å². The number of hydrogen-bond donors (Lipinski definition) is 4. The Morgan fingerprint density at radius 3 is 1.69 bits per heavy atom. The van der Waals surface area contributed by atoms with Crippen LogP contribution in [-0.4, -0.2) is 43.8 Å². The van der Waals surface area contributed by atoms with E-state index >= 15 is 0 Å². The van der Waals surface area contributed by atoms with Gasteiger partial charge in [-0.3, -0.25) is 5.41 Å². The zero-order valence-corrected chi connectivity index (χ0v) is 14.1. The van der Waals surface area contributed by atoms with E-state index in [0.717, 1.165) is 33.2 Å². The lowest BCUT2D eigenvalue weighted by atomic mass is 10.2. The maximum absolute atomic E-state index is 8.05. The number of rotatable bonds is 4. The van der Waals surface area contributed by atoms with Crippen molar-refractivity contribution >= 4 is 52.6 Å². The van der Waals surface area contributed by atoms with E-state index in [1.807, 2.05) is 60.9 Å². The number of fused-ring (bicyclic) bond motifs is 2. The summed E-state index contributed by atoms with van der Waals surface area (Å²) in [5, 5.41) is 11.4. The fraction of sp³-hybridized carbons (Fsp3) is 0. The molecule has 2 heterocycles. The first-order chi connectivity index (χ1) is 12.6. The lowest BCUT2D eigenvalue weighted by molar-refractivity contribution is -0.843. The molecule has 0 aliphatic rings. The summed E-state index contributed by atoms with van der Waals surface area (Å²) in [7, 11) is 0. The number of guanidine groups is 1. The molecule has 5 N–H and O–H groups in total. The molecule has 0 saturated heterocycles. The van der Waals surface area contributed by atoms with Gasteiger partial charge in [-0.05, 0) is 33.6 Å². The summed E-state index contributed by atoms with van der Waals surface area (Å²) in [6, 6.07) is 15.7. The van der Waals surface area contributed by atoms with Crippen LogP contribution in [0.1, 0.15) is 0 Å². The van der Waals surface area contributed by atoms with Gasteiger partial charge < -0.3 is 15.7 Å². The molecule has 128 valence electrons. The van der Waals surface area contributed by atoms with Crippen LogP contribution in [0.4, 0.5) is 11.4 Å². The van der Waals surface area contributed by atoms with Gasteiger partial charge in [-0.25, -0.2) is 0 Å². The van der Waals surface area contributed by atoms with Gasteiger partial charge in [0.2, 0.25) is 0 Å². The van der Waals surface area contributed by atoms with E-state index in [1.54, 1.807) is 9.37 Å². The summed E-state index contributed by atoms with van der Waals surface area (Å²) in [4.78, 5) is 6.40. The number of aromatic nitrogens is 2. The monoisotopic (exact) mass is 345 g/mol. The molecule has 0 fully saturated rings. The number of para-hydroxylation sites is 2. The molecule has 0 aliphatic carbocycles. The first-order valence-corrected chi connectivity index (χ1v) is 8.05. The molecule has 0 unspecified atom stereocenters. The average Bonchev–Trinajstić information content (AvgIpc) is 3.25. The van der Waals surface area contributed by atoms with Gasteiger partial charge in [-0.15, -0.1) is 0 Å². The first-order valence-electron chi connectivity index (χ1n) is 8.05. The minimum Gasteiger partial charge on any atom is -0.360 e. The molecule has 4 aromatic rings. The van der Waals surface area contributed by atoms with Crippen molar-refractivity contribution in [3.63, 3.8) is 0 Å². The molecule has 2 aromatic carbocycles. The van der Waals surface area contributed by atoms with Gasteiger partial charge >= 0.3 is 5.96 Å². The smallest absolute Gasteiger partial charge is 0.318 e. The standard InChI is InChI=1S/C19H19N7/c1-24(17-11-22-15-9-5-3-7-13(15)17)26(19(20)21)25(2)18-12-23-16-10-6-4-8-14(16)18/h3-12,22-23H,1-2H2,(H3,20,21)/q+2. The Hall–Kier alpha value is -3.87. The van der Waals surface area contributed by atoms with Crippen LogP contribution < -0.4 is 5.73 Å². The SMILES string of the molecule is C=[N+](c1c[nH]c2ccccc12)N(C(=N)N)[N+](=C)c1c[nH]c2ccccc12. The number of hydrogen-bond acceptors (Lipinski definition) is 1. The Morgan fingerprint density at radius 2 is 1.27 bits per heavy atom. The Balaban J connectivity index is 1.79. The Morgan fingerprint density at radius 1 is 0.846 bits per heavy atom. The second kappa shape index (κ2) is 5.89. The number of hydrazone groups is 2. The van der Waals surface area contributed by atoms with Gasteiger partial charge in [0.15, 0.2) is 13.4 Å². The summed E-state index contributed by atoms with van der Waals surface area (Å²) in [6.07, 6.45) is 3.66. The molecule has 0 amide bonds. The molecule has 0 saturated carbocycles. The summed E-state index contributed by atoms with van der Waals surface area (Å²) in [5.74, 6) is -0.203. The second-order valence-electron chi connectivity index (χ2n) is 5.91. The minimum atomic E-state index is -0.203. The molecule has 2 aromatic heterocycles. The number of benzene rings is 2. The number of H-pyrrole nitrogens is 2. The number of nitrogens with two attached hydrogens (primary N) is 1. The number of nitrogens with zero attached hydrogens (tertiary/aromatic N) is 3. The van der Waals surface area contributed by atoms with E-state index in [2.05, 4.69) is 23.4 Å². The van der Waals surface area contributed by atoms with Gasteiger partial charge in [-0.2, -0.15) is 0 Å². The molecule has 0 bridgehead atoms. The lowest BCUT2D eigenvalue weighted by Gasteiger charge is -2.11. The third-order valence-corrected chi connectivity index (χ3v) is 4.36. The molecule has 7 heteroatoms.